The topological polar surface area (TPSA) is 76.7 Å². The molecule has 0 heterocycles. The third-order valence-electron chi connectivity index (χ3n) is 3.54. The van der Waals surface area contributed by atoms with E-state index in [0.717, 1.165) is 11.3 Å². The van der Waals surface area contributed by atoms with Crippen LogP contribution in [0.1, 0.15) is 12.5 Å². The zero-order chi connectivity index (χ0) is 19.6. The zero-order valence-electron chi connectivity index (χ0n) is 15.7. The van der Waals surface area contributed by atoms with E-state index in [4.69, 9.17) is 9.47 Å². The van der Waals surface area contributed by atoms with E-state index in [0.29, 0.717) is 23.7 Å². The number of aryl methyl sites for hydroxylation is 1. The summed E-state index contributed by atoms with van der Waals surface area (Å²) in [5, 5.41) is 5.61. The molecular formula is C20H24N2O4S. The van der Waals surface area contributed by atoms with Gasteiger partial charge in [0.2, 0.25) is 11.8 Å². The fourth-order valence-electron chi connectivity index (χ4n) is 2.34. The lowest BCUT2D eigenvalue weighted by Crippen LogP contribution is -2.18. The molecule has 2 rings (SSSR count). The maximum atomic E-state index is 12.1. The summed E-state index contributed by atoms with van der Waals surface area (Å²) in [6.45, 7) is 4.45. The van der Waals surface area contributed by atoms with Crippen LogP contribution in [0.25, 0.3) is 0 Å². The van der Waals surface area contributed by atoms with Crippen LogP contribution in [0, 0.1) is 6.92 Å². The second-order valence-corrected chi connectivity index (χ2v) is 6.74. The lowest BCUT2D eigenvalue weighted by Gasteiger charge is -2.11. The molecule has 0 aromatic heterocycles. The number of rotatable bonds is 9. The summed E-state index contributed by atoms with van der Waals surface area (Å²) in [5.74, 6) is 1.38. The smallest absolute Gasteiger partial charge is 0.234 e. The SMILES string of the molecule is CCOc1ccc(NC(=O)CSCC(=O)Nc2cc(C)ccc2OC)cc1. The summed E-state index contributed by atoms with van der Waals surface area (Å²) in [7, 11) is 1.56. The molecule has 0 atom stereocenters. The van der Waals surface area contributed by atoms with Crippen LogP contribution < -0.4 is 20.1 Å². The van der Waals surface area contributed by atoms with Gasteiger partial charge in [-0.05, 0) is 55.8 Å². The van der Waals surface area contributed by atoms with E-state index in [9.17, 15) is 9.59 Å². The second kappa shape index (κ2) is 10.5. The molecule has 6 nitrogen and oxygen atoms in total. The number of carbonyl (C=O) groups is 2. The molecule has 0 bridgehead atoms. The van der Waals surface area contributed by atoms with Crippen LogP contribution in [0.3, 0.4) is 0 Å². The molecule has 2 aromatic rings. The second-order valence-electron chi connectivity index (χ2n) is 5.75. The van der Waals surface area contributed by atoms with Crippen molar-refractivity contribution in [2.45, 2.75) is 13.8 Å². The minimum Gasteiger partial charge on any atom is -0.495 e. The molecule has 144 valence electrons. The summed E-state index contributed by atoms with van der Waals surface area (Å²) in [4.78, 5) is 24.1. The molecule has 2 amide bonds. The van der Waals surface area contributed by atoms with Crippen molar-refractivity contribution in [3.05, 3.63) is 48.0 Å². The van der Waals surface area contributed by atoms with Gasteiger partial charge in [0, 0.05) is 5.69 Å². The number of methoxy groups -OCH3 is 1. The van der Waals surface area contributed by atoms with Gasteiger partial charge in [0.15, 0.2) is 0 Å². The van der Waals surface area contributed by atoms with Crippen molar-refractivity contribution in [2.75, 3.05) is 35.9 Å². The van der Waals surface area contributed by atoms with E-state index in [2.05, 4.69) is 10.6 Å². The van der Waals surface area contributed by atoms with E-state index in [1.165, 1.54) is 11.8 Å². The van der Waals surface area contributed by atoms with Crippen molar-refractivity contribution in [3.8, 4) is 11.5 Å². The fraction of sp³-hybridized carbons (Fsp3) is 0.300. The van der Waals surface area contributed by atoms with Gasteiger partial charge in [0.05, 0.1) is 30.9 Å². The molecular weight excluding hydrogens is 364 g/mol. The van der Waals surface area contributed by atoms with Gasteiger partial charge in [-0.25, -0.2) is 0 Å². The van der Waals surface area contributed by atoms with Crippen LogP contribution >= 0.6 is 11.8 Å². The standard InChI is InChI=1S/C20H24N2O4S/c1-4-26-16-8-6-15(7-9-16)21-19(23)12-27-13-20(24)22-17-11-14(2)5-10-18(17)25-3/h5-11H,4,12-13H2,1-3H3,(H,21,23)(H,22,24). The highest BCUT2D eigenvalue weighted by atomic mass is 32.2. The Labute approximate surface area is 163 Å². The Morgan fingerprint density at radius 1 is 1.00 bits per heavy atom. The van der Waals surface area contributed by atoms with Crippen LogP contribution in [0.4, 0.5) is 11.4 Å². The highest BCUT2D eigenvalue weighted by Gasteiger charge is 2.10. The van der Waals surface area contributed by atoms with Crippen molar-refractivity contribution >= 4 is 35.0 Å². The van der Waals surface area contributed by atoms with Gasteiger partial charge in [-0.2, -0.15) is 0 Å². The molecule has 27 heavy (non-hydrogen) atoms. The number of hydrogen-bond donors (Lipinski definition) is 2. The van der Waals surface area contributed by atoms with E-state index >= 15 is 0 Å². The zero-order valence-corrected chi connectivity index (χ0v) is 16.5. The quantitative estimate of drug-likeness (QED) is 0.685. The molecule has 0 saturated carbocycles. The third-order valence-corrected chi connectivity index (χ3v) is 4.48. The van der Waals surface area contributed by atoms with Gasteiger partial charge >= 0.3 is 0 Å². The Balaban J connectivity index is 1.76. The number of ether oxygens (including phenoxy) is 2. The predicted molar refractivity (Wildman–Crippen MR) is 110 cm³/mol. The average Bonchev–Trinajstić information content (AvgIpc) is 2.64. The first-order valence-corrected chi connectivity index (χ1v) is 9.72. The number of carbonyl (C=O) groups excluding carboxylic acids is 2. The van der Waals surface area contributed by atoms with Gasteiger partial charge in [-0.3, -0.25) is 9.59 Å². The molecule has 0 unspecified atom stereocenters. The Morgan fingerprint density at radius 2 is 1.67 bits per heavy atom. The van der Waals surface area contributed by atoms with Crippen LogP contribution in [0.15, 0.2) is 42.5 Å². The van der Waals surface area contributed by atoms with Gasteiger partial charge in [0.25, 0.3) is 0 Å². The van der Waals surface area contributed by atoms with Crippen LogP contribution in [-0.2, 0) is 9.59 Å². The first kappa shape index (κ1) is 20.6. The number of hydrogen-bond acceptors (Lipinski definition) is 5. The number of thioether (sulfide) groups is 1. The maximum Gasteiger partial charge on any atom is 0.234 e. The number of anilines is 2. The third kappa shape index (κ3) is 6.86. The van der Waals surface area contributed by atoms with Crippen molar-refractivity contribution in [1.82, 2.24) is 0 Å². The van der Waals surface area contributed by atoms with Gasteiger partial charge in [-0.1, -0.05) is 6.07 Å². The highest BCUT2D eigenvalue weighted by Crippen LogP contribution is 2.25. The minimum absolute atomic E-state index is 0.162. The van der Waals surface area contributed by atoms with Crippen molar-refractivity contribution in [2.24, 2.45) is 0 Å². The summed E-state index contributed by atoms with van der Waals surface area (Å²) < 4.78 is 10.6. The Kier molecular flexibility index (Phi) is 8.00. The molecule has 2 aromatic carbocycles. The molecule has 0 aliphatic carbocycles. The van der Waals surface area contributed by atoms with Gasteiger partial charge in [0.1, 0.15) is 11.5 Å². The van der Waals surface area contributed by atoms with Gasteiger partial charge in [-0.15, -0.1) is 11.8 Å². The van der Waals surface area contributed by atoms with E-state index in [1.807, 2.05) is 32.0 Å². The summed E-state index contributed by atoms with van der Waals surface area (Å²) >= 11 is 1.25. The number of amides is 2. The Morgan fingerprint density at radius 3 is 2.30 bits per heavy atom. The molecule has 7 heteroatoms. The van der Waals surface area contributed by atoms with E-state index in [-0.39, 0.29) is 23.3 Å². The first-order chi connectivity index (χ1) is 13.0. The molecule has 0 saturated heterocycles. The average molecular weight is 388 g/mol. The largest absolute Gasteiger partial charge is 0.495 e. The Bertz CT molecular complexity index is 778. The summed E-state index contributed by atoms with van der Waals surface area (Å²) in [6.07, 6.45) is 0. The first-order valence-electron chi connectivity index (χ1n) is 8.56. The van der Waals surface area contributed by atoms with Gasteiger partial charge < -0.3 is 20.1 Å². The normalized spacial score (nSPS) is 10.2. The lowest BCUT2D eigenvalue weighted by atomic mass is 10.2. The number of benzene rings is 2. The molecule has 0 aliphatic rings. The van der Waals surface area contributed by atoms with Crippen LogP contribution in [0.5, 0.6) is 11.5 Å². The van der Waals surface area contributed by atoms with E-state index in [1.54, 1.807) is 31.4 Å². The molecule has 0 radical (unpaired) electrons. The number of nitrogens with one attached hydrogen (secondary N) is 2. The van der Waals surface area contributed by atoms with Crippen molar-refractivity contribution in [1.29, 1.82) is 0 Å². The van der Waals surface area contributed by atoms with E-state index < -0.39 is 0 Å². The predicted octanol–water partition coefficient (Wildman–Crippen LogP) is 3.71. The molecule has 2 N–H and O–H groups in total. The Hall–Kier alpha value is -2.67. The van der Waals surface area contributed by atoms with Crippen molar-refractivity contribution in [3.63, 3.8) is 0 Å². The van der Waals surface area contributed by atoms with Crippen LogP contribution in [0.2, 0.25) is 0 Å². The fourth-order valence-corrected chi connectivity index (χ4v) is 2.96. The van der Waals surface area contributed by atoms with Crippen molar-refractivity contribution < 1.29 is 19.1 Å². The molecule has 0 spiro atoms. The molecule has 0 fully saturated rings. The lowest BCUT2D eigenvalue weighted by molar-refractivity contribution is -0.114. The van der Waals surface area contributed by atoms with Crippen LogP contribution in [-0.4, -0.2) is 37.0 Å². The molecule has 0 aliphatic heterocycles. The summed E-state index contributed by atoms with van der Waals surface area (Å²) in [5.41, 5.74) is 2.34. The summed E-state index contributed by atoms with van der Waals surface area (Å²) in [6, 6.07) is 12.7. The minimum atomic E-state index is -0.183. The maximum absolute atomic E-state index is 12.1. The highest BCUT2D eigenvalue weighted by molar-refractivity contribution is 8.00. The monoisotopic (exact) mass is 388 g/mol.